The fourth-order valence-corrected chi connectivity index (χ4v) is 20.6. The Hall–Kier alpha value is -6.96. The number of nitrogens with zero attached hydrogens (tertiary/aromatic N) is 2. The Kier molecular flexibility index (Phi) is 7.40. The van der Waals surface area contributed by atoms with Gasteiger partial charge < -0.3 is 9.71 Å². The zero-order chi connectivity index (χ0) is 43.6. The van der Waals surface area contributed by atoms with Gasteiger partial charge in [-0.1, -0.05) is 178 Å². The fourth-order valence-electron chi connectivity index (χ4n) is 12.5. The molecule has 11 aromatic rings. The van der Waals surface area contributed by atoms with Gasteiger partial charge in [-0.05, 0) is 90.3 Å². The molecule has 0 bridgehead atoms. The van der Waals surface area contributed by atoms with Gasteiger partial charge in [-0.2, -0.15) is 0 Å². The summed E-state index contributed by atoms with van der Waals surface area (Å²) in [7, 11) is -2.82. The van der Waals surface area contributed by atoms with Gasteiger partial charge >= 0.3 is 6.85 Å². The summed E-state index contributed by atoms with van der Waals surface area (Å²) in [5, 5.41) is 9.93. The lowest BCUT2D eigenvalue weighted by Gasteiger charge is -2.51. The lowest BCUT2D eigenvalue weighted by Crippen LogP contribution is -2.78. The van der Waals surface area contributed by atoms with Crippen LogP contribution in [-0.4, -0.2) is 14.9 Å². The van der Waals surface area contributed by atoms with Gasteiger partial charge in [-0.15, -0.1) is 22.7 Å². The van der Waals surface area contributed by atoms with E-state index in [1.54, 1.807) is 0 Å². The van der Waals surface area contributed by atoms with Crippen molar-refractivity contribution < 1.29 is 0 Å². The van der Waals surface area contributed by atoms with Crippen LogP contribution in [-0.2, 0) is 5.41 Å². The Balaban J connectivity index is 1.14. The van der Waals surface area contributed by atoms with Crippen molar-refractivity contribution in [1.82, 2.24) is 0 Å². The van der Waals surface area contributed by atoms with Crippen molar-refractivity contribution in [1.29, 1.82) is 0 Å². The lowest BCUT2D eigenvalue weighted by molar-refractivity contribution is 0.590. The van der Waals surface area contributed by atoms with E-state index in [0.717, 1.165) is 0 Å². The van der Waals surface area contributed by atoms with Gasteiger partial charge in [0.25, 0.3) is 0 Å². The molecule has 1 spiro atoms. The van der Waals surface area contributed by atoms with E-state index in [1.165, 1.54) is 129 Å². The molecule has 2 aromatic heterocycles. The first kappa shape index (κ1) is 37.3. The average Bonchev–Trinajstić information content (AvgIpc) is 4.02. The number of rotatable bonds is 2. The van der Waals surface area contributed by atoms with Crippen molar-refractivity contribution in [2.24, 2.45) is 0 Å². The van der Waals surface area contributed by atoms with Crippen molar-refractivity contribution in [3.63, 3.8) is 0 Å². The molecular weight excluding hydrogens is 852 g/mol. The summed E-state index contributed by atoms with van der Waals surface area (Å²) in [5.41, 5.74) is 17.2. The van der Waals surface area contributed by atoms with Crippen molar-refractivity contribution in [2.45, 2.75) is 26.2 Å². The molecule has 6 heterocycles. The number of fused-ring (bicyclic) bond motifs is 19. The van der Waals surface area contributed by atoms with Crippen LogP contribution in [0.4, 0.5) is 28.4 Å². The highest BCUT2D eigenvalue weighted by Gasteiger charge is 2.58. The van der Waals surface area contributed by atoms with Crippen LogP contribution in [0, 0.1) is 0 Å². The summed E-state index contributed by atoms with van der Waals surface area (Å²) in [6.45, 7) is 6.93. The normalized spacial score (nSPS) is 14.6. The van der Waals surface area contributed by atoms with Gasteiger partial charge in [0.05, 0.1) is 11.4 Å². The van der Waals surface area contributed by atoms with Crippen LogP contribution in [0.3, 0.4) is 0 Å². The third kappa shape index (κ3) is 4.61. The Bertz CT molecular complexity index is 3870. The molecule has 310 valence electrons. The molecule has 0 saturated heterocycles. The van der Waals surface area contributed by atoms with E-state index in [2.05, 4.69) is 225 Å². The number of para-hydroxylation sites is 2. The molecule has 66 heavy (non-hydrogen) atoms. The Morgan fingerprint density at radius 3 is 1.83 bits per heavy atom. The van der Waals surface area contributed by atoms with E-state index in [-0.39, 0.29) is 12.3 Å². The average molecular weight is 893 g/mol. The minimum absolute atomic E-state index is 0.0208. The predicted molar refractivity (Wildman–Crippen MR) is 289 cm³/mol. The first-order valence-corrected chi connectivity index (χ1v) is 26.8. The van der Waals surface area contributed by atoms with Crippen LogP contribution in [0.25, 0.3) is 63.6 Å². The van der Waals surface area contributed by atoms with Crippen LogP contribution in [0.2, 0.25) is 0 Å². The van der Waals surface area contributed by atoms with E-state index in [0.29, 0.717) is 0 Å². The van der Waals surface area contributed by atoms with Gasteiger partial charge in [0.1, 0.15) is 0 Å². The van der Waals surface area contributed by atoms with Gasteiger partial charge in [0, 0.05) is 68.8 Å². The third-order valence-corrected chi connectivity index (χ3v) is 22.5. The number of hydrogen-bond acceptors (Lipinski definition) is 4. The highest BCUT2D eigenvalue weighted by atomic mass is 32.1. The number of hydrogen-bond donors (Lipinski definition) is 0. The van der Waals surface area contributed by atoms with E-state index in [4.69, 9.17) is 0 Å². The van der Waals surface area contributed by atoms with Gasteiger partial charge in [-0.25, -0.2) is 0 Å². The number of thiophene rings is 2. The molecule has 0 atom stereocenters. The van der Waals surface area contributed by atoms with Crippen LogP contribution in [0.15, 0.2) is 194 Å². The second-order valence-corrected chi connectivity index (χ2v) is 25.3. The monoisotopic (exact) mass is 892 g/mol. The van der Waals surface area contributed by atoms with E-state index in [1.807, 2.05) is 22.7 Å². The number of anilines is 5. The summed E-state index contributed by atoms with van der Waals surface area (Å²) < 4.78 is 5.42. The smallest absolute Gasteiger partial charge is 0.343 e. The van der Waals surface area contributed by atoms with Crippen LogP contribution >= 0.6 is 22.7 Å². The van der Waals surface area contributed by atoms with Crippen LogP contribution < -0.4 is 40.7 Å². The quantitative estimate of drug-likeness (QED) is 0.160. The Morgan fingerprint density at radius 1 is 0.455 bits per heavy atom. The third-order valence-electron chi connectivity index (χ3n) is 15.2. The molecule has 15 rings (SSSR count). The van der Waals surface area contributed by atoms with Gasteiger partial charge in [0.15, 0.2) is 8.07 Å². The topological polar surface area (TPSA) is 6.48 Å². The molecule has 0 unspecified atom stereocenters. The van der Waals surface area contributed by atoms with E-state index < -0.39 is 8.07 Å². The maximum Gasteiger partial charge on any atom is 0.343 e. The van der Waals surface area contributed by atoms with Gasteiger partial charge in [-0.3, -0.25) is 0 Å². The fraction of sp³-hybridized carbons (Fsp3) is 0.0667. The molecule has 0 radical (unpaired) electrons. The standard InChI is InChI=1S/C60H41BN2S2Si/c1-60(2,3)37-32-33-45(43(34-37)36-18-5-4-6-19-36)62-47-35-44-38-20-7-12-26-48(38)64-58(44)54-42-24-17-31-53-56(42)63(61(55(47)54)59-57(62)41-23-8-13-27-49(41)65-59)46-25-11-16-30-52(46)66(53)50-28-14-9-21-39(50)40-22-10-15-29-51(40)66/h4-35H,1-3H3. The molecule has 4 aliphatic rings. The molecule has 4 aliphatic heterocycles. The largest absolute Gasteiger partial charge is 0.376 e. The second kappa shape index (κ2) is 13.1. The van der Waals surface area contributed by atoms with Crippen molar-refractivity contribution in [2.75, 3.05) is 9.71 Å². The SMILES string of the molecule is CC(C)(C)c1ccc(N2c3cc4c(sc5ccccc54)c4c3B(c3sc5ccccc5c32)N2c3ccccc3[Si]3(c5ccccc5-c5ccccc53)c3cccc-4c32)c(-c2ccccc2)c1. The first-order chi connectivity index (χ1) is 32.4. The Labute approximate surface area is 393 Å². The molecular formula is C60H41BN2S2Si. The predicted octanol–water partition coefficient (Wildman–Crippen LogP) is 12.6. The molecule has 0 fully saturated rings. The van der Waals surface area contributed by atoms with E-state index >= 15 is 0 Å². The van der Waals surface area contributed by atoms with Crippen LogP contribution in [0.5, 0.6) is 0 Å². The molecule has 6 heteroatoms. The molecule has 9 aromatic carbocycles. The molecule has 0 saturated carbocycles. The van der Waals surface area contributed by atoms with Crippen molar-refractivity contribution in [3.05, 3.63) is 200 Å². The van der Waals surface area contributed by atoms with Crippen molar-refractivity contribution >= 4 is 127 Å². The summed E-state index contributed by atoms with van der Waals surface area (Å²) in [5.74, 6) is 0. The lowest BCUT2D eigenvalue weighted by atomic mass is 9.46. The molecule has 0 N–H and O–H groups in total. The maximum atomic E-state index is 2.82. The van der Waals surface area contributed by atoms with Crippen LogP contribution in [0.1, 0.15) is 26.3 Å². The summed E-state index contributed by atoms with van der Waals surface area (Å²) in [4.78, 5) is 5.51. The molecule has 0 aliphatic carbocycles. The minimum Gasteiger partial charge on any atom is -0.376 e. The minimum atomic E-state index is -2.82. The Morgan fingerprint density at radius 2 is 1.08 bits per heavy atom. The maximum absolute atomic E-state index is 2.82. The highest BCUT2D eigenvalue weighted by Crippen LogP contribution is 2.55. The van der Waals surface area contributed by atoms with E-state index in [9.17, 15) is 0 Å². The second-order valence-electron chi connectivity index (χ2n) is 19.5. The summed E-state index contributed by atoms with van der Waals surface area (Å²) in [6, 6.07) is 74.8. The zero-order valence-electron chi connectivity index (χ0n) is 36.8. The number of benzene rings is 9. The van der Waals surface area contributed by atoms with Crippen molar-refractivity contribution in [3.8, 4) is 33.4 Å². The molecule has 2 nitrogen and oxygen atoms in total. The summed E-state index contributed by atoms with van der Waals surface area (Å²) in [6.07, 6.45) is 0. The highest BCUT2D eigenvalue weighted by molar-refractivity contribution is 7.33. The molecule has 0 amide bonds. The first-order valence-electron chi connectivity index (χ1n) is 23.1. The van der Waals surface area contributed by atoms with Gasteiger partial charge in [0.2, 0.25) is 0 Å². The zero-order valence-corrected chi connectivity index (χ0v) is 39.4. The summed E-state index contributed by atoms with van der Waals surface area (Å²) >= 11 is 3.96.